The number of carboxylic acid groups (broad SMARTS) is 1. The van der Waals surface area contributed by atoms with E-state index in [9.17, 15) is 9.59 Å². The summed E-state index contributed by atoms with van der Waals surface area (Å²) in [7, 11) is 1.27. The predicted molar refractivity (Wildman–Crippen MR) is 47.2 cm³/mol. The summed E-state index contributed by atoms with van der Waals surface area (Å²) in [6.07, 6.45) is -0.197. The molecule has 76 valence electrons. The minimum atomic E-state index is -0.985. The van der Waals surface area contributed by atoms with Crippen molar-refractivity contribution in [3.8, 4) is 0 Å². The van der Waals surface area contributed by atoms with Crippen molar-refractivity contribution in [2.75, 3.05) is 7.11 Å². The molecule has 0 heterocycles. The Bertz CT molecular complexity index is 210. The summed E-state index contributed by atoms with van der Waals surface area (Å²) in [4.78, 5) is 21.9. The molecule has 0 saturated carbocycles. The van der Waals surface area contributed by atoms with E-state index >= 15 is 0 Å². The lowest BCUT2D eigenvalue weighted by molar-refractivity contribution is -0.160. The topological polar surface area (TPSA) is 63.6 Å². The average Bonchev–Trinajstić information content (AvgIpc) is 2.01. The molecule has 1 N–H and O–H groups in total. The second kappa shape index (κ2) is 4.25. The Hall–Kier alpha value is -1.06. The molecule has 0 fully saturated rings. The molecule has 0 radical (unpaired) electrons. The van der Waals surface area contributed by atoms with Crippen LogP contribution in [-0.4, -0.2) is 24.2 Å². The quantitative estimate of drug-likeness (QED) is 0.675. The molecule has 0 aromatic carbocycles. The van der Waals surface area contributed by atoms with Crippen molar-refractivity contribution >= 4 is 11.9 Å². The number of carbonyl (C=O) groups excluding carboxylic acids is 1. The summed E-state index contributed by atoms with van der Waals surface area (Å²) in [5, 5.41) is 8.63. The Morgan fingerprint density at radius 3 is 2.15 bits per heavy atom. The van der Waals surface area contributed by atoms with Gasteiger partial charge < -0.3 is 9.84 Å². The van der Waals surface area contributed by atoms with E-state index in [0.29, 0.717) is 0 Å². The van der Waals surface area contributed by atoms with Gasteiger partial charge in [0, 0.05) is 0 Å². The maximum Gasteiger partial charge on any atom is 0.312 e. The molecule has 1 atom stereocenters. The third kappa shape index (κ3) is 2.72. The standard InChI is InChI=1S/C9H16O4/c1-6(2)9(3,5-7(10)11)8(12)13-4/h6H,5H2,1-4H3,(H,10,11)/t9-/m0/s1. The number of hydrogen-bond acceptors (Lipinski definition) is 3. The fraction of sp³-hybridized carbons (Fsp3) is 0.778. The zero-order chi connectivity index (χ0) is 10.6. The third-order valence-electron chi connectivity index (χ3n) is 2.44. The van der Waals surface area contributed by atoms with Crippen LogP contribution in [0.5, 0.6) is 0 Å². The van der Waals surface area contributed by atoms with Crippen molar-refractivity contribution in [3.63, 3.8) is 0 Å². The van der Waals surface area contributed by atoms with Gasteiger partial charge in [0.2, 0.25) is 0 Å². The van der Waals surface area contributed by atoms with Gasteiger partial charge in [0.15, 0.2) is 0 Å². The summed E-state index contributed by atoms with van der Waals surface area (Å²) in [5.74, 6) is -1.51. The van der Waals surface area contributed by atoms with Crippen LogP contribution in [0, 0.1) is 11.3 Å². The number of hydrogen-bond donors (Lipinski definition) is 1. The number of carbonyl (C=O) groups is 2. The van der Waals surface area contributed by atoms with Gasteiger partial charge in [-0.25, -0.2) is 0 Å². The van der Waals surface area contributed by atoms with Crippen LogP contribution in [-0.2, 0) is 14.3 Å². The van der Waals surface area contributed by atoms with E-state index in [1.807, 2.05) is 0 Å². The van der Waals surface area contributed by atoms with Crippen LogP contribution in [0.3, 0.4) is 0 Å². The smallest absolute Gasteiger partial charge is 0.312 e. The largest absolute Gasteiger partial charge is 0.481 e. The normalized spacial score (nSPS) is 15.2. The highest BCUT2D eigenvalue weighted by atomic mass is 16.5. The molecule has 0 bridgehead atoms. The molecular weight excluding hydrogens is 172 g/mol. The van der Waals surface area contributed by atoms with Crippen molar-refractivity contribution in [3.05, 3.63) is 0 Å². The number of rotatable bonds is 4. The van der Waals surface area contributed by atoms with Gasteiger partial charge >= 0.3 is 11.9 Å². The lowest BCUT2D eigenvalue weighted by atomic mass is 9.76. The Morgan fingerprint density at radius 2 is 1.92 bits per heavy atom. The van der Waals surface area contributed by atoms with Gasteiger partial charge in [0.05, 0.1) is 18.9 Å². The number of esters is 1. The Morgan fingerprint density at radius 1 is 1.46 bits per heavy atom. The molecule has 0 unspecified atom stereocenters. The van der Waals surface area contributed by atoms with E-state index in [-0.39, 0.29) is 12.3 Å². The molecule has 0 aromatic rings. The fourth-order valence-electron chi connectivity index (χ4n) is 1.06. The molecule has 0 aliphatic heterocycles. The van der Waals surface area contributed by atoms with Crippen LogP contribution < -0.4 is 0 Å². The van der Waals surface area contributed by atoms with Gasteiger partial charge in [0.25, 0.3) is 0 Å². The van der Waals surface area contributed by atoms with Crippen molar-refractivity contribution in [1.82, 2.24) is 0 Å². The third-order valence-corrected chi connectivity index (χ3v) is 2.44. The summed E-state index contributed by atoms with van der Waals surface area (Å²) in [6, 6.07) is 0. The van der Waals surface area contributed by atoms with Gasteiger partial charge in [-0.15, -0.1) is 0 Å². The first-order chi connectivity index (χ1) is 5.84. The molecule has 0 spiro atoms. The lowest BCUT2D eigenvalue weighted by Crippen LogP contribution is -2.36. The van der Waals surface area contributed by atoms with E-state index in [2.05, 4.69) is 4.74 Å². The highest BCUT2D eigenvalue weighted by molar-refractivity contribution is 5.82. The van der Waals surface area contributed by atoms with E-state index in [1.165, 1.54) is 7.11 Å². The van der Waals surface area contributed by atoms with Crippen molar-refractivity contribution in [2.24, 2.45) is 11.3 Å². The summed E-state index contributed by atoms with van der Waals surface area (Å²) >= 11 is 0. The van der Waals surface area contributed by atoms with Crippen molar-refractivity contribution < 1.29 is 19.4 Å². The fourth-order valence-corrected chi connectivity index (χ4v) is 1.06. The number of aliphatic carboxylic acids is 1. The second-order valence-corrected chi connectivity index (χ2v) is 3.63. The number of methoxy groups -OCH3 is 1. The molecule has 0 aliphatic carbocycles. The van der Waals surface area contributed by atoms with Gasteiger partial charge in [0.1, 0.15) is 0 Å². The molecule has 0 amide bonds. The van der Waals surface area contributed by atoms with E-state index in [1.54, 1.807) is 20.8 Å². The van der Waals surface area contributed by atoms with Crippen LogP contribution in [0.15, 0.2) is 0 Å². The van der Waals surface area contributed by atoms with E-state index < -0.39 is 17.4 Å². The monoisotopic (exact) mass is 188 g/mol. The molecular formula is C9H16O4. The molecule has 0 aromatic heterocycles. The summed E-state index contributed by atoms with van der Waals surface area (Å²) in [5.41, 5.74) is -0.930. The maximum absolute atomic E-state index is 11.3. The number of carboxylic acids is 1. The SMILES string of the molecule is COC(=O)[C@@](C)(CC(=O)O)C(C)C. The average molecular weight is 188 g/mol. The number of ether oxygens (including phenoxy) is 1. The maximum atomic E-state index is 11.3. The lowest BCUT2D eigenvalue weighted by Gasteiger charge is -2.28. The molecule has 4 heteroatoms. The van der Waals surface area contributed by atoms with Gasteiger partial charge in [-0.05, 0) is 12.8 Å². The first kappa shape index (κ1) is 11.9. The molecule has 0 saturated heterocycles. The summed E-state index contributed by atoms with van der Waals surface area (Å²) < 4.78 is 4.58. The van der Waals surface area contributed by atoms with Gasteiger partial charge in [-0.1, -0.05) is 13.8 Å². The summed E-state index contributed by atoms with van der Waals surface area (Å²) in [6.45, 7) is 5.22. The first-order valence-electron chi connectivity index (χ1n) is 4.14. The Kier molecular flexibility index (Phi) is 3.91. The van der Waals surface area contributed by atoms with Gasteiger partial charge in [-0.3, -0.25) is 9.59 Å². The zero-order valence-electron chi connectivity index (χ0n) is 8.46. The molecule has 0 rings (SSSR count). The van der Waals surface area contributed by atoms with Crippen molar-refractivity contribution in [2.45, 2.75) is 27.2 Å². The van der Waals surface area contributed by atoms with Crippen LogP contribution >= 0.6 is 0 Å². The van der Waals surface area contributed by atoms with Crippen LogP contribution in [0.4, 0.5) is 0 Å². The van der Waals surface area contributed by atoms with Gasteiger partial charge in [-0.2, -0.15) is 0 Å². The van der Waals surface area contributed by atoms with Crippen LogP contribution in [0.2, 0.25) is 0 Å². The molecule has 13 heavy (non-hydrogen) atoms. The predicted octanol–water partition coefficient (Wildman–Crippen LogP) is 1.30. The van der Waals surface area contributed by atoms with E-state index in [0.717, 1.165) is 0 Å². The van der Waals surface area contributed by atoms with E-state index in [4.69, 9.17) is 5.11 Å². The minimum absolute atomic E-state index is 0.0592. The molecule has 4 nitrogen and oxygen atoms in total. The zero-order valence-corrected chi connectivity index (χ0v) is 8.46. The minimum Gasteiger partial charge on any atom is -0.481 e. The second-order valence-electron chi connectivity index (χ2n) is 3.63. The Labute approximate surface area is 77.9 Å². The highest BCUT2D eigenvalue weighted by Gasteiger charge is 2.39. The Balaban J connectivity index is 4.72. The molecule has 0 aliphatic rings. The van der Waals surface area contributed by atoms with Crippen LogP contribution in [0.1, 0.15) is 27.2 Å². The van der Waals surface area contributed by atoms with Crippen molar-refractivity contribution in [1.29, 1.82) is 0 Å². The van der Waals surface area contributed by atoms with Crippen LogP contribution in [0.25, 0.3) is 0 Å². The first-order valence-corrected chi connectivity index (χ1v) is 4.14. The highest BCUT2D eigenvalue weighted by Crippen LogP contribution is 2.32.